The van der Waals surface area contributed by atoms with Gasteiger partial charge in [-0.2, -0.15) is 0 Å². The van der Waals surface area contributed by atoms with Gasteiger partial charge in [-0.25, -0.2) is 0 Å². The van der Waals surface area contributed by atoms with Gasteiger partial charge in [0.2, 0.25) is 0 Å². The van der Waals surface area contributed by atoms with Crippen LogP contribution in [-0.4, -0.2) is 31.2 Å². The Bertz CT molecular complexity index is 602. The molecule has 2 aromatic rings. The first-order valence-electron chi connectivity index (χ1n) is 6.54. The summed E-state index contributed by atoms with van der Waals surface area (Å²) in [5, 5.41) is 0. The van der Waals surface area contributed by atoms with E-state index < -0.39 is 0 Å². The lowest BCUT2D eigenvalue weighted by molar-refractivity contribution is 0.112. The summed E-state index contributed by atoms with van der Waals surface area (Å²) in [6.45, 7) is 4.94. The largest absolute Gasteiger partial charge is 0.489 e. The minimum absolute atomic E-state index is 0.493. The summed E-state index contributed by atoms with van der Waals surface area (Å²) in [6, 6.07) is 9.67. The van der Waals surface area contributed by atoms with Gasteiger partial charge in [0.05, 0.1) is 12.3 Å². The predicted molar refractivity (Wildman–Crippen MR) is 78.0 cm³/mol. The Hall–Kier alpha value is -2.07. The zero-order chi connectivity index (χ0) is 14.5. The van der Waals surface area contributed by atoms with Gasteiger partial charge in [0.15, 0.2) is 6.29 Å². The molecular weight excluding hydrogens is 254 g/mol. The number of carbonyl (C=O) groups excluding carboxylic acids is 1. The molecule has 0 aliphatic rings. The van der Waals surface area contributed by atoms with E-state index in [1.54, 1.807) is 7.11 Å². The maximum atomic E-state index is 11.1. The molecule has 0 saturated carbocycles. The number of ether oxygens (including phenoxy) is 2. The molecule has 0 unspecified atom stereocenters. The smallest absolute Gasteiger partial charge is 0.151 e. The van der Waals surface area contributed by atoms with Crippen LogP contribution < -0.4 is 4.74 Å². The van der Waals surface area contributed by atoms with Gasteiger partial charge in [0.25, 0.3) is 0 Å². The average Bonchev–Trinajstić information content (AvgIpc) is 2.74. The standard InChI is InChI=1S/C16H19NO3/c1-12-10-14(11-18)13(2)17(12)15-6-4-5-7-16(15)20-9-8-19-3/h4-7,10-11H,8-9H2,1-3H3. The first-order valence-corrected chi connectivity index (χ1v) is 6.54. The molecule has 0 N–H and O–H groups in total. The Labute approximate surface area is 118 Å². The molecule has 0 saturated heterocycles. The maximum absolute atomic E-state index is 11.1. The van der Waals surface area contributed by atoms with Gasteiger partial charge in [0.1, 0.15) is 12.4 Å². The van der Waals surface area contributed by atoms with Gasteiger partial charge in [-0.1, -0.05) is 12.1 Å². The van der Waals surface area contributed by atoms with Gasteiger partial charge in [-0.05, 0) is 32.0 Å². The average molecular weight is 273 g/mol. The third kappa shape index (κ3) is 2.75. The first kappa shape index (κ1) is 14.3. The van der Waals surface area contributed by atoms with E-state index in [4.69, 9.17) is 9.47 Å². The van der Waals surface area contributed by atoms with Gasteiger partial charge in [-0.15, -0.1) is 0 Å². The number of para-hydroxylation sites is 2. The molecule has 1 heterocycles. The molecule has 0 spiro atoms. The third-order valence-corrected chi connectivity index (χ3v) is 3.25. The van der Waals surface area contributed by atoms with Crippen LogP contribution in [0.3, 0.4) is 0 Å². The second kappa shape index (κ2) is 6.39. The molecule has 2 rings (SSSR count). The topological polar surface area (TPSA) is 40.5 Å². The maximum Gasteiger partial charge on any atom is 0.151 e. The summed E-state index contributed by atoms with van der Waals surface area (Å²) in [5.74, 6) is 0.781. The predicted octanol–water partition coefficient (Wildman–Crippen LogP) is 2.93. The molecule has 0 aliphatic carbocycles. The van der Waals surface area contributed by atoms with Crippen molar-refractivity contribution >= 4 is 6.29 Å². The van der Waals surface area contributed by atoms with E-state index in [9.17, 15) is 4.79 Å². The highest BCUT2D eigenvalue weighted by molar-refractivity contribution is 5.78. The summed E-state index contributed by atoms with van der Waals surface area (Å²) < 4.78 is 12.8. The molecule has 0 amide bonds. The summed E-state index contributed by atoms with van der Waals surface area (Å²) in [4.78, 5) is 11.1. The van der Waals surface area contributed by atoms with Crippen molar-refractivity contribution in [3.63, 3.8) is 0 Å². The zero-order valence-electron chi connectivity index (χ0n) is 12.1. The van der Waals surface area contributed by atoms with Crippen LogP contribution in [0.25, 0.3) is 5.69 Å². The van der Waals surface area contributed by atoms with Crippen molar-refractivity contribution in [2.45, 2.75) is 13.8 Å². The molecule has 0 atom stereocenters. The molecule has 4 nitrogen and oxygen atoms in total. The Morgan fingerprint density at radius 2 is 1.95 bits per heavy atom. The summed E-state index contributed by atoms with van der Waals surface area (Å²) in [6.07, 6.45) is 0.882. The number of benzene rings is 1. The van der Waals surface area contributed by atoms with Crippen molar-refractivity contribution in [1.29, 1.82) is 0 Å². The Morgan fingerprint density at radius 3 is 2.60 bits per heavy atom. The second-order valence-corrected chi connectivity index (χ2v) is 4.59. The number of rotatable bonds is 6. The number of aryl methyl sites for hydroxylation is 1. The van der Waals surface area contributed by atoms with Crippen LogP contribution in [0.1, 0.15) is 21.7 Å². The van der Waals surface area contributed by atoms with E-state index >= 15 is 0 Å². The lowest BCUT2D eigenvalue weighted by Gasteiger charge is -2.15. The molecule has 0 aliphatic heterocycles. The van der Waals surface area contributed by atoms with Crippen LogP contribution in [0.5, 0.6) is 5.75 Å². The highest BCUT2D eigenvalue weighted by Crippen LogP contribution is 2.27. The van der Waals surface area contributed by atoms with E-state index in [1.807, 2.05) is 48.7 Å². The Morgan fingerprint density at radius 1 is 1.20 bits per heavy atom. The number of carbonyl (C=O) groups is 1. The van der Waals surface area contributed by atoms with Gasteiger partial charge < -0.3 is 14.0 Å². The highest BCUT2D eigenvalue weighted by atomic mass is 16.5. The highest BCUT2D eigenvalue weighted by Gasteiger charge is 2.13. The fourth-order valence-electron chi connectivity index (χ4n) is 2.28. The van der Waals surface area contributed by atoms with Crippen LogP contribution in [-0.2, 0) is 4.74 Å². The van der Waals surface area contributed by atoms with E-state index in [0.29, 0.717) is 18.8 Å². The van der Waals surface area contributed by atoms with Crippen LogP contribution in [0, 0.1) is 13.8 Å². The van der Waals surface area contributed by atoms with Gasteiger partial charge >= 0.3 is 0 Å². The Kier molecular flexibility index (Phi) is 4.58. The van der Waals surface area contributed by atoms with Crippen molar-refractivity contribution < 1.29 is 14.3 Å². The van der Waals surface area contributed by atoms with Crippen molar-refractivity contribution in [3.05, 3.63) is 47.3 Å². The number of nitrogens with zero attached hydrogens (tertiary/aromatic N) is 1. The van der Waals surface area contributed by atoms with E-state index in [-0.39, 0.29) is 0 Å². The SMILES string of the molecule is COCCOc1ccccc1-n1c(C)cc(C=O)c1C. The molecule has 0 radical (unpaired) electrons. The monoisotopic (exact) mass is 273 g/mol. The summed E-state index contributed by atoms with van der Waals surface area (Å²) in [5.41, 5.74) is 3.56. The molecule has 0 bridgehead atoms. The van der Waals surface area contributed by atoms with Crippen LogP contribution in [0.15, 0.2) is 30.3 Å². The minimum atomic E-state index is 0.493. The number of methoxy groups -OCH3 is 1. The van der Waals surface area contributed by atoms with E-state index in [1.165, 1.54) is 0 Å². The molecule has 1 aromatic carbocycles. The second-order valence-electron chi connectivity index (χ2n) is 4.59. The lowest BCUT2D eigenvalue weighted by Crippen LogP contribution is -2.08. The normalized spacial score (nSPS) is 10.6. The van der Waals surface area contributed by atoms with Crippen molar-refractivity contribution in [3.8, 4) is 11.4 Å². The molecule has 4 heteroatoms. The van der Waals surface area contributed by atoms with Crippen molar-refractivity contribution in [1.82, 2.24) is 4.57 Å². The summed E-state index contributed by atoms with van der Waals surface area (Å²) in [7, 11) is 1.64. The third-order valence-electron chi connectivity index (χ3n) is 3.25. The Balaban J connectivity index is 2.42. The zero-order valence-corrected chi connectivity index (χ0v) is 12.1. The minimum Gasteiger partial charge on any atom is -0.489 e. The molecule has 1 aromatic heterocycles. The molecular formula is C16H19NO3. The van der Waals surface area contributed by atoms with Crippen LogP contribution in [0.2, 0.25) is 0 Å². The van der Waals surface area contributed by atoms with Crippen LogP contribution >= 0.6 is 0 Å². The number of hydrogen-bond donors (Lipinski definition) is 0. The van der Waals surface area contributed by atoms with Crippen molar-refractivity contribution in [2.24, 2.45) is 0 Å². The molecule has 0 fully saturated rings. The summed E-state index contributed by atoms with van der Waals surface area (Å²) >= 11 is 0. The van der Waals surface area contributed by atoms with E-state index in [0.717, 1.165) is 29.1 Å². The van der Waals surface area contributed by atoms with E-state index in [2.05, 4.69) is 0 Å². The molecule has 106 valence electrons. The first-order chi connectivity index (χ1) is 9.69. The van der Waals surface area contributed by atoms with Gasteiger partial charge in [0, 0.05) is 24.1 Å². The number of aromatic nitrogens is 1. The van der Waals surface area contributed by atoms with Crippen LogP contribution in [0.4, 0.5) is 0 Å². The fraction of sp³-hybridized carbons (Fsp3) is 0.312. The molecule has 20 heavy (non-hydrogen) atoms. The van der Waals surface area contributed by atoms with Gasteiger partial charge in [-0.3, -0.25) is 4.79 Å². The van der Waals surface area contributed by atoms with Crippen molar-refractivity contribution in [2.75, 3.05) is 20.3 Å². The number of aldehydes is 1. The quantitative estimate of drug-likeness (QED) is 0.600. The lowest BCUT2D eigenvalue weighted by atomic mass is 10.2. The fourth-order valence-corrected chi connectivity index (χ4v) is 2.28. The number of hydrogen-bond acceptors (Lipinski definition) is 3.